The van der Waals surface area contributed by atoms with Crippen LogP contribution < -0.4 is 5.73 Å². The summed E-state index contributed by atoms with van der Waals surface area (Å²) in [7, 11) is 0. The van der Waals surface area contributed by atoms with E-state index in [4.69, 9.17) is 10.3 Å². The van der Waals surface area contributed by atoms with Crippen LogP contribution in [0.5, 0.6) is 0 Å². The fraction of sp³-hybridized carbons (Fsp3) is 0.778. The van der Waals surface area contributed by atoms with Gasteiger partial charge in [0, 0.05) is 13.0 Å². The number of alkyl halides is 3. The van der Waals surface area contributed by atoms with Crippen LogP contribution in [0.15, 0.2) is 4.52 Å². The van der Waals surface area contributed by atoms with Crippen LogP contribution in [0.2, 0.25) is 0 Å². The molecule has 4 nitrogen and oxygen atoms in total. The Morgan fingerprint density at radius 1 is 1.44 bits per heavy atom. The van der Waals surface area contributed by atoms with Crippen LogP contribution in [0.1, 0.15) is 37.4 Å². The van der Waals surface area contributed by atoms with Gasteiger partial charge in [0.05, 0.1) is 12.3 Å². The number of rotatable bonds is 5. The van der Waals surface area contributed by atoms with Crippen LogP contribution in [-0.2, 0) is 6.42 Å². The quantitative estimate of drug-likeness (QED) is 0.850. The van der Waals surface area contributed by atoms with Gasteiger partial charge in [0.2, 0.25) is 5.89 Å². The van der Waals surface area contributed by atoms with Crippen LogP contribution in [0.4, 0.5) is 13.2 Å². The minimum atomic E-state index is -4.20. The highest BCUT2D eigenvalue weighted by Crippen LogP contribution is 2.22. The summed E-state index contributed by atoms with van der Waals surface area (Å²) in [6, 6.07) is 0. The molecule has 1 heterocycles. The fourth-order valence-corrected chi connectivity index (χ4v) is 1.23. The van der Waals surface area contributed by atoms with Gasteiger partial charge in [-0.3, -0.25) is 0 Å². The zero-order valence-corrected chi connectivity index (χ0v) is 8.92. The van der Waals surface area contributed by atoms with E-state index in [1.165, 1.54) is 0 Å². The van der Waals surface area contributed by atoms with Gasteiger partial charge in [-0.25, -0.2) is 0 Å². The number of halogens is 3. The normalized spacial score (nSPS) is 14.1. The van der Waals surface area contributed by atoms with Crippen LogP contribution in [0.3, 0.4) is 0 Å². The zero-order chi connectivity index (χ0) is 12.2. The van der Waals surface area contributed by atoms with E-state index in [0.717, 1.165) is 6.42 Å². The Morgan fingerprint density at radius 2 is 2.12 bits per heavy atom. The predicted octanol–water partition coefficient (Wildman–Crippen LogP) is 2.02. The minimum absolute atomic E-state index is 0.0767. The molecule has 7 heteroatoms. The van der Waals surface area contributed by atoms with Crippen molar-refractivity contribution in [3.8, 4) is 0 Å². The lowest BCUT2D eigenvalue weighted by Gasteiger charge is -2.04. The maximum absolute atomic E-state index is 11.9. The molecule has 0 amide bonds. The van der Waals surface area contributed by atoms with Gasteiger partial charge in [0.1, 0.15) is 0 Å². The topological polar surface area (TPSA) is 64.9 Å². The second-order valence-corrected chi connectivity index (χ2v) is 3.50. The van der Waals surface area contributed by atoms with Gasteiger partial charge in [-0.2, -0.15) is 18.2 Å². The Morgan fingerprint density at radius 3 is 2.62 bits per heavy atom. The molecule has 0 aliphatic carbocycles. The number of nitrogens with zero attached hydrogens (tertiary/aromatic N) is 2. The van der Waals surface area contributed by atoms with E-state index in [2.05, 4.69) is 10.1 Å². The lowest BCUT2D eigenvalue weighted by Crippen LogP contribution is -2.12. The number of aromatic nitrogens is 2. The lowest BCUT2D eigenvalue weighted by molar-refractivity contribution is -0.134. The van der Waals surface area contributed by atoms with Crippen molar-refractivity contribution in [2.75, 3.05) is 6.54 Å². The summed E-state index contributed by atoms with van der Waals surface area (Å²) in [4.78, 5) is 3.90. The molecule has 0 aliphatic heterocycles. The van der Waals surface area contributed by atoms with E-state index in [1.54, 1.807) is 0 Å². The van der Waals surface area contributed by atoms with E-state index < -0.39 is 12.6 Å². The Labute approximate surface area is 91.0 Å². The molecule has 1 aromatic heterocycles. The van der Waals surface area contributed by atoms with Crippen LogP contribution >= 0.6 is 0 Å². The maximum Gasteiger partial charge on any atom is 0.389 e. The van der Waals surface area contributed by atoms with Crippen LogP contribution in [0.25, 0.3) is 0 Å². The first kappa shape index (κ1) is 13.0. The predicted molar refractivity (Wildman–Crippen MR) is 50.8 cm³/mol. The summed E-state index contributed by atoms with van der Waals surface area (Å²) in [5, 5.41) is 3.49. The van der Waals surface area contributed by atoms with Crippen molar-refractivity contribution in [3.63, 3.8) is 0 Å². The molecule has 16 heavy (non-hydrogen) atoms. The lowest BCUT2D eigenvalue weighted by atomic mass is 10.1. The molecular weight excluding hydrogens is 223 g/mol. The van der Waals surface area contributed by atoms with E-state index in [-0.39, 0.29) is 18.2 Å². The van der Waals surface area contributed by atoms with Gasteiger partial charge in [-0.15, -0.1) is 0 Å². The molecule has 1 unspecified atom stereocenters. The first-order valence-corrected chi connectivity index (χ1v) is 5.05. The van der Waals surface area contributed by atoms with Crippen molar-refractivity contribution >= 4 is 0 Å². The Hall–Kier alpha value is -1.11. The summed E-state index contributed by atoms with van der Waals surface area (Å²) >= 11 is 0. The van der Waals surface area contributed by atoms with Crippen molar-refractivity contribution in [1.29, 1.82) is 0 Å². The summed E-state index contributed by atoms with van der Waals surface area (Å²) in [5.74, 6) is 0.327. The van der Waals surface area contributed by atoms with Crippen molar-refractivity contribution in [1.82, 2.24) is 10.1 Å². The average Bonchev–Trinajstić information content (AvgIpc) is 2.65. The molecule has 1 aromatic rings. The van der Waals surface area contributed by atoms with Crippen molar-refractivity contribution in [2.45, 2.75) is 38.3 Å². The largest absolute Gasteiger partial charge is 0.389 e. The second-order valence-electron chi connectivity index (χ2n) is 3.50. The summed E-state index contributed by atoms with van der Waals surface area (Å²) in [6.07, 6.45) is -4.67. The number of aryl methyl sites for hydroxylation is 1. The highest BCUT2D eigenvalue weighted by atomic mass is 19.4. The molecule has 0 aromatic carbocycles. The zero-order valence-electron chi connectivity index (χ0n) is 8.92. The molecular formula is C9H14F3N3O. The number of hydrogen-bond donors (Lipinski definition) is 1. The SMILES string of the molecule is CCC(CN)c1nc(CCC(F)(F)F)no1. The molecule has 0 aliphatic rings. The Balaban J connectivity index is 2.58. The smallest absolute Gasteiger partial charge is 0.339 e. The van der Waals surface area contributed by atoms with Gasteiger partial charge >= 0.3 is 6.18 Å². The first-order valence-electron chi connectivity index (χ1n) is 5.05. The minimum Gasteiger partial charge on any atom is -0.339 e. The standard InChI is InChI=1S/C9H14F3N3O/c1-2-6(5-13)8-14-7(15-16-8)3-4-9(10,11)12/h6H,2-5,13H2,1H3. The maximum atomic E-state index is 11.9. The Kier molecular flexibility index (Phi) is 4.28. The molecule has 0 bridgehead atoms. The summed E-state index contributed by atoms with van der Waals surface area (Å²) in [5.41, 5.74) is 5.46. The van der Waals surface area contributed by atoms with E-state index >= 15 is 0 Å². The number of nitrogens with two attached hydrogens (primary N) is 1. The molecule has 92 valence electrons. The second kappa shape index (κ2) is 5.29. The third-order valence-electron chi connectivity index (χ3n) is 2.24. The monoisotopic (exact) mass is 237 g/mol. The highest BCUT2D eigenvalue weighted by Gasteiger charge is 2.28. The third-order valence-corrected chi connectivity index (χ3v) is 2.24. The van der Waals surface area contributed by atoms with Crippen molar-refractivity contribution in [2.24, 2.45) is 5.73 Å². The highest BCUT2D eigenvalue weighted by molar-refractivity contribution is 4.94. The first-order chi connectivity index (χ1) is 7.46. The van der Waals surface area contributed by atoms with E-state index in [1.807, 2.05) is 6.92 Å². The van der Waals surface area contributed by atoms with Crippen molar-refractivity contribution < 1.29 is 17.7 Å². The van der Waals surface area contributed by atoms with Gasteiger partial charge in [0.25, 0.3) is 0 Å². The third kappa shape index (κ3) is 3.80. The fourth-order valence-electron chi connectivity index (χ4n) is 1.23. The summed E-state index contributed by atoms with van der Waals surface area (Å²) in [6.45, 7) is 2.24. The van der Waals surface area contributed by atoms with E-state index in [9.17, 15) is 13.2 Å². The molecule has 0 spiro atoms. The molecule has 0 saturated heterocycles. The Bertz CT molecular complexity index is 320. The molecule has 0 fully saturated rings. The van der Waals surface area contributed by atoms with Crippen LogP contribution in [0, 0.1) is 0 Å². The molecule has 1 rings (SSSR count). The van der Waals surface area contributed by atoms with Gasteiger partial charge in [-0.1, -0.05) is 12.1 Å². The average molecular weight is 237 g/mol. The van der Waals surface area contributed by atoms with Crippen LogP contribution in [-0.4, -0.2) is 22.9 Å². The van der Waals surface area contributed by atoms with Gasteiger partial charge < -0.3 is 10.3 Å². The molecule has 0 saturated carbocycles. The molecule has 1 atom stereocenters. The van der Waals surface area contributed by atoms with Gasteiger partial charge in [-0.05, 0) is 6.42 Å². The van der Waals surface area contributed by atoms with E-state index in [0.29, 0.717) is 12.4 Å². The number of hydrogen-bond acceptors (Lipinski definition) is 4. The van der Waals surface area contributed by atoms with Gasteiger partial charge in [0.15, 0.2) is 5.82 Å². The summed E-state index contributed by atoms with van der Waals surface area (Å²) < 4.78 is 40.7. The van der Waals surface area contributed by atoms with Crippen molar-refractivity contribution in [3.05, 3.63) is 11.7 Å². The molecule has 0 radical (unpaired) electrons. The molecule has 2 N–H and O–H groups in total.